The fourth-order valence-electron chi connectivity index (χ4n) is 7.21. The Labute approximate surface area is 284 Å². The summed E-state index contributed by atoms with van der Waals surface area (Å²) in [5.41, 5.74) is 7.99. The maximum atomic E-state index is 14.1. The van der Waals surface area contributed by atoms with Gasteiger partial charge in [0.05, 0.1) is 31.2 Å². The topological polar surface area (TPSA) is 59.1 Å². The van der Waals surface area contributed by atoms with E-state index in [-0.39, 0.29) is 11.3 Å². The van der Waals surface area contributed by atoms with Crippen LogP contribution in [0, 0.1) is 0 Å². The normalized spacial score (nSPS) is 17.0. The number of carbonyl (C=O) groups is 2. The number of halogens is 2. The molecule has 2 heterocycles. The van der Waals surface area contributed by atoms with Crippen LogP contribution in [0.15, 0.2) is 117 Å². The molecule has 230 valence electrons. The molecule has 8 heteroatoms. The maximum Gasteiger partial charge on any atom is 0.355 e. The molecule has 0 saturated carbocycles. The molecule has 3 aliphatic rings. The number of anilines is 2. The largest absolute Gasteiger partial charge is 0.466 e. The molecule has 0 bridgehead atoms. The van der Waals surface area contributed by atoms with E-state index in [4.69, 9.17) is 9.47 Å². The van der Waals surface area contributed by atoms with Crippen LogP contribution in [-0.2, 0) is 24.5 Å². The summed E-state index contributed by atoms with van der Waals surface area (Å²) in [5.74, 6) is -1.19. The SMILES string of the molecule is COC(=O)C1=C(C(=O)OC)C2(c3cc(Br)ccc3-c3ccc(Br)cc32)C2C=C(/C=C/c3ccc(N(C)C)cc3)c3ccccc3N12. The third-order valence-electron chi connectivity index (χ3n) is 9.14. The van der Waals surface area contributed by atoms with Crippen LogP contribution in [0.1, 0.15) is 22.3 Å². The third-order valence-corrected chi connectivity index (χ3v) is 10.1. The van der Waals surface area contributed by atoms with Gasteiger partial charge in [0.1, 0.15) is 5.70 Å². The molecule has 7 rings (SSSR count). The molecule has 4 aromatic carbocycles. The number of nitrogens with zero attached hydrogens (tertiary/aromatic N) is 2. The van der Waals surface area contributed by atoms with Gasteiger partial charge in [-0.3, -0.25) is 0 Å². The first-order valence-electron chi connectivity index (χ1n) is 14.8. The first-order valence-corrected chi connectivity index (χ1v) is 16.4. The van der Waals surface area contributed by atoms with Gasteiger partial charge in [0, 0.05) is 40.0 Å². The Kier molecular flexibility index (Phi) is 7.53. The number of para-hydroxylation sites is 1. The molecule has 46 heavy (non-hydrogen) atoms. The van der Waals surface area contributed by atoms with E-state index in [2.05, 4.69) is 104 Å². The van der Waals surface area contributed by atoms with Gasteiger partial charge in [-0.15, -0.1) is 0 Å². The summed E-state index contributed by atoms with van der Waals surface area (Å²) >= 11 is 7.40. The van der Waals surface area contributed by atoms with Gasteiger partial charge in [-0.2, -0.15) is 0 Å². The van der Waals surface area contributed by atoms with Crippen molar-refractivity contribution in [3.63, 3.8) is 0 Å². The third kappa shape index (κ3) is 4.42. The molecule has 1 unspecified atom stereocenters. The monoisotopic (exact) mass is 736 g/mol. The standard InChI is InChI=1S/C38H30Br2N2O4/c1-41(2)26-15-10-22(11-16-26)9-12-23-19-33-38(30-20-24(39)13-17-28(30)29-18-14-25(40)21-31(29)38)34(36(43)45-3)35(37(44)46-4)42(33)32-8-6-5-7-27(23)32/h5-21,33H,1-4H3/b12-9+. The van der Waals surface area contributed by atoms with E-state index in [9.17, 15) is 9.59 Å². The van der Waals surface area contributed by atoms with Gasteiger partial charge in [0.15, 0.2) is 0 Å². The quantitative estimate of drug-likeness (QED) is 0.193. The maximum absolute atomic E-state index is 14.1. The van der Waals surface area contributed by atoms with Crippen LogP contribution < -0.4 is 9.80 Å². The van der Waals surface area contributed by atoms with E-state index in [1.54, 1.807) is 0 Å². The van der Waals surface area contributed by atoms with Gasteiger partial charge >= 0.3 is 11.9 Å². The lowest BCUT2D eigenvalue weighted by atomic mass is 9.67. The summed E-state index contributed by atoms with van der Waals surface area (Å²) < 4.78 is 12.6. The van der Waals surface area contributed by atoms with Crippen LogP contribution in [0.5, 0.6) is 0 Å². The Morgan fingerprint density at radius 1 is 0.783 bits per heavy atom. The highest BCUT2D eigenvalue weighted by atomic mass is 79.9. The van der Waals surface area contributed by atoms with E-state index >= 15 is 0 Å². The molecule has 0 radical (unpaired) electrons. The molecule has 0 fully saturated rings. The number of carbonyl (C=O) groups excluding carboxylic acids is 2. The van der Waals surface area contributed by atoms with Crippen LogP contribution in [0.4, 0.5) is 11.4 Å². The van der Waals surface area contributed by atoms with Gasteiger partial charge in [-0.1, -0.05) is 92.6 Å². The number of benzene rings is 4. The summed E-state index contributed by atoms with van der Waals surface area (Å²) in [6.07, 6.45) is 6.38. The number of ether oxygens (including phenoxy) is 2. The molecule has 1 atom stereocenters. The Morgan fingerprint density at radius 3 is 1.98 bits per heavy atom. The lowest BCUT2D eigenvalue weighted by molar-refractivity contribution is -0.139. The van der Waals surface area contributed by atoms with Gasteiger partial charge in [0.2, 0.25) is 0 Å². The first-order chi connectivity index (χ1) is 22.2. The Balaban J connectivity index is 1.55. The van der Waals surface area contributed by atoms with E-state index < -0.39 is 23.4 Å². The molecular formula is C38H30Br2N2O4. The molecule has 1 aliphatic carbocycles. The predicted octanol–water partition coefficient (Wildman–Crippen LogP) is 8.14. The van der Waals surface area contributed by atoms with Crippen molar-refractivity contribution in [3.05, 3.63) is 140 Å². The van der Waals surface area contributed by atoms with Crippen LogP contribution in [0.25, 0.3) is 22.8 Å². The minimum atomic E-state index is -1.10. The van der Waals surface area contributed by atoms with Gasteiger partial charge in [-0.25, -0.2) is 9.59 Å². The average Bonchev–Trinajstić information content (AvgIpc) is 3.52. The minimum Gasteiger partial charge on any atom is -0.466 e. The lowest BCUT2D eigenvalue weighted by Crippen LogP contribution is -2.46. The second kappa shape index (κ2) is 11.4. The summed E-state index contributed by atoms with van der Waals surface area (Å²) in [6, 6.07) is 28.1. The second-order valence-corrected chi connectivity index (χ2v) is 13.5. The van der Waals surface area contributed by atoms with Gasteiger partial charge < -0.3 is 19.3 Å². The van der Waals surface area contributed by atoms with E-state index in [1.165, 1.54) is 14.2 Å². The van der Waals surface area contributed by atoms with E-state index in [1.807, 2.05) is 55.4 Å². The molecule has 0 amide bonds. The van der Waals surface area contributed by atoms with Crippen LogP contribution in [0.2, 0.25) is 0 Å². The van der Waals surface area contributed by atoms with Gasteiger partial charge in [0.25, 0.3) is 0 Å². The second-order valence-electron chi connectivity index (χ2n) is 11.7. The number of methoxy groups -OCH3 is 2. The zero-order chi connectivity index (χ0) is 32.3. The van der Waals surface area contributed by atoms with Crippen LogP contribution in [-0.4, -0.2) is 46.3 Å². The Bertz CT molecular complexity index is 1980. The zero-order valence-corrected chi connectivity index (χ0v) is 28.8. The molecule has 0 saturated heterocycles. The number of hydrogen-bond donors (Lipinski definition) is 0. The first kappa shape index (κ1) is 30.3. The average molecular weight is 738 g/mol. The number of allylic oxidation sites excluding steroid dienone is 2. The molecule has 2 aliphatic heterocycles. The van der Waals surface area contributed by atoms with Crippen molar-refractivity contribution in [2.24, 2.45) is 0 Å². The molecular weight excluding hydrogens is 708 g/mol. The van der Waals surface area contributed by atoms with Crippen LogP contribution in [0.3, 0.4) is 0 Å². The molecule has 4 aromatic rings. The van der Waals surface area contributed by atoms with Crippen molar-refractivity contribution < 1.29 is 19.1 Å². The van der Waals surface area contributed by atoms with Crippen molar-refractivity contribution >= 4 is 66.8 Å². The lowest BCUT2D eigenvalue weighted by Gasteiger charge is -2.41. The number of esters is 2. The summed E-state index contributed by atoms with van der Waals surface area (Å²) in [6.45, 7) is 0. The van der Waals surface area contributed by atoms with Crippen molar-refractivity contribution in [2.75, 3.05) is 38.1 Å². The predicted molar refractivity (Wildman–Crippen MR) is 190 cm³/mol. The number of fused-ring (bicyclic) bond motifs is 9. The minimum absolute atomic E-state index is 0.170. The summed E-state index contributed by atoms with van der Waals surface area (Å²) in [7, 11) is 6.74. The molecule has 1 spiro atoms. The summed E-state index contributed by atoms with van der Waals surface area (Å²) in [5, 5.41) is 0. The highest BCUT2D eigenvalue weighted by molar-refractivity contribution is 9.10. The Hall–Kier alpha value is -4.40. The molecule has 0 N–H and O–H groups in total. The highest BCUT2D eigenvalue weighted by Crippen LogP contribution is 2.63. The van der Waals surface area contributed by atoms with Crippen molar-refractivity contribution in [3.8, 4) is 11.1 Å². The number of hydrogen-bond acceptors (Lipinski definition) is 6. The Morgan fingerprint density at radius 2 is 1.39 bits per heavy atom. The zero-order valence-electron chi connectivity index (χ0n) is 25.7. The van der Waals surface area contributed by atoms with E-state index in [0.717, 1.165) is 59.3 Å². The smallest absolute Gasteiger partial charge is 0.355 e. The van der Waals surface area contributed by atoms with Crippen molar-refractivity contribution in [1.29, 1.82) is 0 Å². The van der Waals surface area contributed by atoms with E-state index in [0.29, 0.717) is 0 Å². The summed E-state index contributed by atoms with van der Waals surface area (Å²) in [4.78, 5) is 32.1. The molecule has 0 aromatic heterocycles. The van der Waals surface area contributed by atoms with Crippen molar-refractivity contribution in [1.82, 2.24) is 0 Å². The number of rotatable bonds is 5. The van der Waals surface area contributed by atoms with Crippen LogP contribution >= 0.6 is 31.9 Å². The fourth-order valence-corrected chi connectivity index (χ4v) is 7.93. The fraction of sp³-hybridized carbons (Fsp3) is 0.158. The molecule has 6 nitrogen and oxygen atoms in total. The highest BCUT2D eigenvalue weighted by Gasteiger charge is 2.63. The van der Waals surface area contributed by atoms with Gasteiger partial charge in [-0.05, 0) is 75.9 Å². The van der Waals surface area contributed by atoms with Crippen molar-refractivity contribution in [2.45, 2.75) is 11.5 Å².